The van der Waals surface area contributed by atoms with Gasteiger partial charge in [0.1, 0.15) is 17.2 Å². The standard InChI is InChI=1S/C21H21N3O3/c1-26-15-8-10-16-13(11-15)7-9-17-19(16)23-24-20(17)21(25)22-12-14-5-3-4-6-18(14)27-2/h3-6,8,10-11H,7,9,12H2,1-2H3,(H,22,25)(H,23,24). The molecule has 0 saturated carbocycles. The molecule has 6 nitrogen and oxygen atoms in total. The second-order valence-corrected chi connectivity index (χ2v) is 6.44. The molecule has 1 aliphatic carbocycles. The SMILES string of the molecule is COc1ccc2c(c1)CCc1c-2n[nH]c1C(=O)NCc1ccccc1OC. The van der Waals surface area contributed by atoms with Gasteiger partial charge < -0.3 is 14.8 Å². The number of para-hydroxylation sites is 1. The highest BCUT2D eigenvalue weighted by molar-refractivity contribution is 5.96. The van der Waals surface area contributed by atoms with Crippen LogP contribution in [0.25, 0.3) is 11.3 Å². The molecule has 1 heterocycles. The number of benzene rings is 2. The summed E-state index contributed by atoms with van der Waals surface area (Å²) in [4.78, 5) is 12.7. The topological polar surface area (TPSA) is 76.2 Å². The lowest BCUT2D eigenvalue weighted by Crippen LogP contribution is -2.25. The van der Waals surface area contributed by atoms with Crippen molar-refractivity contribution >= 4 is 5.91 Å². The molecule has 6 heteroatoms. The van der Waals surface area contributed by atoms with Crippen molar-refractivity contribution in [1.29, 1.82) is 0 Å². The minimum absolute atomic E-state index is 0.161. The molecular formula is C21H21N3O3. The zero-order valence-corrected chi connectivity index (χ0v) is 15.3. The van der Waals surface area contributed by atoms with Crippen molar-refractivity contribution in [3.63, 3.8) is 0 Å². The molecule has 0 spiro atoms. The van der Waals surface area contributed by atoms with Crippen LogP contribution in [0.15, 0.2) is 42.5 Å². The smallest absolute Gasteiger partial charge is 0.269 e. The van der Waals surface area contributed by atoms with E-state index >= 15 is 0 Å². The number of fused-ring (bicyclic) bond motifs is 3. The van der Waals surface area contributed by atoms with E-state index in [9.17, 15) is 4.79 Å². The number of hydrogen-bond donors (Lipinski definition) is 2. The minimum atomic E-state index is -0.161. The number of methoxy groups -OCH3 is 2. The molecule has 0 saturated heterocycles. The lowest BCUT2D eigenvalue weighted by Gasteiger charge is -2.17. The average Bonchev–Trinajstić information content (AvgIpc) is 3.16. The van der Waals surface area contributed by atoms with Crippen LogP contribution < -0.4 is 14.8 Å². The summed E-state index contributed by atoms with van der Waals surface area (Å²) >= 11 is 0. The third kappa shape index (κ3) is 3.14. The Morgan fingerprint density at radius 1 is 1.15 bits per heavy atom. The summed E-state index contributed by atoms with van der Waals surface area (Å²) < 4.78 is 10.6. The molecule has 138 valence electrons. The predicted molar refractivity (Wildman–Crippen MR) is 102 cm³/mol. The molecule has 0 fully saturated rings. The highest BCUT2D eigenvalue weighted by atomic mass is 16.5. The number of rotatable bonds is 5. The van der Waals surface area contributed by atoms with E-state index in [1.165, 1.54) is 5.56 Å². The quantitative estimate of drug-likeness (QED) is 0.730. The van der Waals surface area contributed by atoms with Crippen LogP contribution in [0.1, 0.15) is 27.2 Å². The van der Waals surface area contributed by atoms with Crippen LogP contribution in [0, 0.1) is 0 Å². The van der Waals surface area contributed by atoms with E-state index in [0.29, 0.717) is 12.2 Å². The monoisotopic (exact) mass is 363 g/mol. The first-order valence-corrected chi connectivity index (χ1v) is 8.86. The second kappa shape index (κ2) is 7.15. The molecule has 0 unspecified atom stereocenters. The van der Waals surface area contributed by atoms with Gasteiger partial charge in [-0.05, 0) is 42.7 Å². The fraction of sp³-hybridized carbons (Fsp3) is 0.238. The van der Waals surface area contributed by atoms with Gasteiger partial charge in [0, 0.05) is 23.2 Å². The van der Waals surface area contributed by atoms with Crippen molar-refractivity contribution in [3.05, 3.63) is 64.8 Å². The highest BCUT2D eigenvalue weighted by Gasteiger charge is 2.25. The van der Waals surface area contributed by atoms with Gasteiger partial charge in [-0.2, -0.15) is 5.10 Å². The molecule has 27 heavy (non-hydrogen) atoms. The van der Waals surface area contributed by atoms with Crippen molar-refractivity contribution in [3.8, 4) is 22.8 Å². The summed E-state index contributed by atoms with van der Waals surface area (Å²) in [5.41, 5.74) is 5.51. The Hall–Kier alpha value is -3.28. The number of hydrogen-bond acceptors (Lipinski definition) is 4. The summed E-state index contributed by atoms with van der Waals surface area (Å²) in [5.74, 6) is 1.43. The van der Waals surface area contributed by atoms with Gasteiger partial charge in [0.2, 0.25) is 0 Å². The number of amides is 1. The van der Waals surface area contributed by atoms with Gasteiger partial charge in [0.25, 0.3) is 5.91 Å². The van der Waals surface area contributed by atoms with E-state index in [-0.39, 0.29) is 5.91 Å². The van der Waals surface area contributed by atoms with E-state index in [1.807, 2.05) is 42.5 Å². The van der Waals surface area contributed by atoms with Crippen molar-refractivity contribution in [2.24, 2.45) is 0 Å². The fourth-order valence-electron chi connectivity index (χ4n) is 3.53. The first-order valence-electron chi connectivity index (χ1n) is 8.86. The first kappa shape index (κ1) is 17.1. The Balaban J connectivity index is 1.56. The summed E-state index contributed by atoms with van der Waals surface area (Å²) in [6, 6.07) is 13.6. The Kier molecular flexibility index (Phi) is 4.54. The Labute approximate surface area is 157 Å². The minimum Gasteiger partial charge on any atom is -0.497 e. The van der Waals surface area contributed by atoms with Crippen molar-refractivity contribution < 1.29 is 14.3 Å². The van der Waals surface area contributed by atoms with Crippen molar-refractivity contribution in [2.45, 2.75) is 19.4 Å². The number of carbonyl (C=O) groups excluding carboxylic acids is 1. The molecule has 2 N–H and O–H groups in total. The van der Waals surface area contributed by atoms with Crippen LogP contribution in [0.5, 0.6) is 11.5 Å². The first-order chi connectivity index (χ1) is 13.2. The predicted octanol–water partition coefficient (Wildman–Crippen LogP) is 3.12. The van der Waals surface area contributed by atoms with Gasteiger partial charge in [-0.1, -0.05) is 18.2 Å². The molecule has 1 amide bonds. The van der Waals surface area contributed by atoms with E-state index < -0.39 is 0 Å². The molecule has 0 radical (unpaired) electrons. The molecule has 2 aromatic carbocycles. The van der Waals surface area contributed by atoms with Gasteiger partial charge in [0.15, 0.2) is 0 Å². The largest absolute Gasteiger partial charge is 0.497 e. The van der Waals surface area contributed by atoms with Gasteiger partial charge >= 0.3 is 0 Å². The fourth-order valence-corrected chi connectivity index (χ4v) is 3.53. The van der Waals surface area contributed by atoms with Gasteiger partial charge in [-0.3, -0.25) is 9.89 Å². The summed E-state index contributed by atoms with van der Waals surface area (Å²) in [5, 5.41) is 10.3. The molecular weight excluding hydrogens is 342 g/mol. The second-order valence-electron chi connectivity index (χ2n) is 6.44. The van der Waals surface area contributed by atoms with E-state index in [2.05, 4.69) is 15.5 Å². The summed E-state index contributed by atoms with van der Waals surface area (Å²) in [7, 11) is 3.28. The average molecular weight is 363 g/mol. The lowest BCUT2D eigenvalue weighted by molar-refractivity contribution is 0.0944. The molecule has 0 aliphatic heterocycles. The zero-order valence-electron chi connectivity index (χ0n) is 15.3. The van der Waals surface area contributed by atoms with Crippen molar-refractivity contribution in [1.82, 2.24) is 15.5 Å². The van der Waals surface area contributed by atoms with Crippen LogP contribution >= 0.6 is 0 Å². The number of aryl methyl sites for hydroxylation is 1. The van der Waals surface area contributed by atoms with E-state index in [4.69, 9.17) is 9.47 Å². The molecule has 1 aliphatic rings. The van der Waals surface area contributed by atoms with Crippen LogP contribution in [0.4, 0.5) is 0 Å². The highest BCUT2D eigenvalue weighted by Crippen LogP contribution is 2.35. The Morgan fingerprint density at radius 2 is 2.00 bits per heavy atom. The normalized spacial score (nSPS) is 12.1. The third-order valence-electron chi connectivity index (χ3n) is 4.94. The van der Waals surface area contributed by atoms with Crippen LogP contribution in [0.2, 0.25) is 0 Å². The Bertz CT molecular complexity index is 994. The summed E-state index contributed by atoms with van der Waals surface area (Å²) in [6.07, 6.45) is 1.62. The van der Waals surface area contributed by atoms with Gasteiger partial charge in [-0.15, -0.1) is 0 Å². The molecule has 4 rings (SSSR count). The maximum atomic E-state index is 12.7. The number of nitrogens with one attached hydrogen (secondary N) is 2. The zero-order chi connectivity index (χ0) is 18.8. The molecule has 1 aromatic heterocycles. The Morgan fingerprint density at radius 3 is 2.81 bits per heavy atom. The van der Waals surface area contributed by atoms with Crippen LogP contribution in [0.3, 0.4) is 0 Å². The van der Waals surface area contributed by atoms with Crippen molar-refractivity contribution in [2.75, 3.05) is 14.2 Å². The van der Waals surface area contributed by atoms with Gasteiger partial charge in [-0.25, -0.2) is 0 Å². The molecule has 0 atom stereocenters. The number of carbonyl (C=O) groups is 1. The van der Waals surface area contributed by atoms with E-state index in [0.717, 1.165) is 46.7 Å². The van der Waals surface area contributed by atoms with Crippen LogP contribution in [-0.4, -0.2) is 30.3 Å². The maximum Gasteiger partial charge on any atom is 0.269 e. The third-order valence-corrected chi connectivity index (χ3v) is 4.94. The maximum absolute atomic E-state index is 12.7. The number of H-pyrrole nitrogens is 1. The molecule has 3 aromatic rings. The molecule has 0 bridgehead atoms. The summed E-state index contributed by atoms with van der Waals surface area (Å²) in [6.45, 7) is 0.393. The lowest BCUT2D eigenvalue weighted by atomic mass is 9.89. The number of aromatic amines is 1. The number of aromatic nitrogens is 2. The van der Waals surface area contributed by atoms with Gasteiger partial charge in [0.05, 0.1) is 19.9 Å². The number of nitrogens with zero attached hydrogens (tertiary/aromatic N) is 1. The van der Waals surface area contributed by atoms with Crippen LogP contribution in [-0.2, 0) is 19.4 Å². The van der Waals surface area contributed by atoms with E-state index in [1.54, 1.807) is 14.2 Å². The number of ether oxygens (including phenoxy) is 2.